The first-order valence-corrected chi connectivity index (χ1v) is 9.43. The number of carbonyl (C=O) groups excluding carboxylic acids is 1. The average molecular weight is 389 g/mol. The highest BCUT2D eigenvalue weighted by molar-refractivity contribution is 5.85. The highest BCUT2D eigenvalue weighted by atomic mass is 35.5. The Bertz CT molecular complexity index is 733. The van der Waals surface area contributed by atoms with Crippen LogP contribution in [0.15, 0.2) is 48.5 Å². The van der Waals surface area contributed by atoms with Crippen molar-refractivity contribution < 1.29 is 9.53 Å². The molecule has 1 aliphatic rings. The molecule has 1 heterocycles. The van der Waals surface area contributed by atoms with Gasteiger partial charge in [-0.05, 0) is 41.7 Å². The monoisotopic (exact) mass is 388 g/mol. The summed E-state index contributed by atoms with van der Waals surface area (Å²) in [6, 6.07) is 16.7. The molecule has 3 rings (SSSR count). The van der Waals surface area contributed by atoms with Crippen molar-refractivity contribution >= 4 is 18.3 Å². The van der Waals surface area contributed by atoms with E-state index in [1.807, 2.05) is 23.1 Å². The number of aryl methyl sites for hydroxylation is 2. The van der Waals surface area contributed by atoms with Gasteiger partial charge in [0.2, 0.25) is 5.91 Å². The summed E-state index contributed by atoms with van der Waals surface area (Å²) in [5.41, 5.74) is 3.68. The molecule has 0 aromatic heterocycles. The van der Waals surface area contributed by atoms with Crippen molar-refractivity contribution in [3.05, 3.63) is 65.2 Å². The van der Waals surface area contributed by atoms with Gasteiger partial charge in [0.25, 0.3) is 0 Å². The van der Waals surface area contributed by atoms with Gasteiger partial charge in [0.1, 0.15) is 5.75 Å². The van der Waals surface area contributed by atoms with Crippen molar-refractivity contribution in [1.82, 2.24) is 10.2 Å². The van der Waals surface area contributed by atoms with Crippen molar-refractivity contribution in [2.45, 2.75) is 32.2 Å². The van der Waals surface area contributed by atoms with Crippen LogP contribution in [0.5, 0.6) is 5.75 Å². The number of ether oxygens (including phenoxy) is 1. The zero-order valence-electron chi connectivity index (χ0n) is 16.1. The first-order chi connectivity index (χ1) is 12.7. The van der Waals surface area contributed by atoms with Crippen LogP contribution in [0.4, 0.5) is 0 Å². The van der Waals surface area contributed by atoms with Gasteiger partial charge in [0.15, 0.2) is 0 Å². The van der Waals surface area contributed by atoms with E-state index >= 15 is 0 Å². The Morgan fingerprint density at radius 2 is 1.96 bits per heavy atom. The first-order valence-electron chi connectivity index (χ1n) is 9.43. The van der Waals surface area contributed by atoms with E-state index in [0.717, 1.165) is 43.8 Å². The molecule has 4 nitrogen and oxygen atoms in total. The molecule has 146 valence electrons. The molecule has 2 aromatic rings. The molecule has 5 heteroatoms. The maximum Gasteiger partial charge on any atom is 0.223 e. The number of hydrogen-bond acceptors (Lipinski definition) is 3. The number of halogens is 1. The van der Waals surface area contributed by atoms with Crippen molar-refractivity contribution in [1.29, 1.82) is 0 Å². The van der Waals surface area contributed by atoms with E-state index in [9.17, 15) is 4.79 Å². The highest BCUT2D eigenvalue weighted by Gasteiger charge is 2.27. The topological polar surface area (TPSA) is 41.6 Å². The van der Waals surface area contributed by atoms with Gasteiger partial charge in [-0.1, -0.05) is 43.3 Å². The number of amides is 1. The third-order valence-corrected chi connectivity index (χ3v) is 5.10. The fourth-order valence-corrected chi connectivity index (χ4v) is 3.50. The second-order valence-electron chi connectivity index (χ2n) is 6.75. The second kappa shape index (κ2) is 10.3. The SMILES string of the molecule is CCc1ccc(C2CNCCN2C(=O)CCc2cccc(OC)c2)cc1.Cl. The third kappa shape index (κ3) is 5.47. The Morgan fingerprint density at radius 1 is 1.19 bits per heavy atom. The van der Waals surface area contributed by atoms with Crippen LogP contribution in [0.3, 0.4) is 0 Å². The van der Waals surface area contributed by atoms with Gasteiger partial charge in [0, 0.05) is 26.1 Å². The maximum absolute atomic E-state index is 12.9. The van der Waals surface area contributed by atoms with Gasteiger partial charge < -0.3 is 15.0 Å². The van der Waals surface area contributed by atoms with Crippen molar-refractivity contribution in [3.63, 3.8) is 0 Å². The van der Waals surface area contributed by atoms with Crippen molar-refractivity contribution in [2.24, 2.45) is 0 Å². The molecule has 1 aliphatic heterocycles. The maximum atomic E-state index is 12.9. The van der Waals surface area contributed by atoms with Gasteiger partial charge in [-0.3, -0.25) is 4.79 Å². The van der Waals surface area contributed by atoms with Gasteiger partial charge in [0.05, 0.1) is 13.2 Å². The summed E-state index contributed by atoms with van der Waals surface area (Å²) in [5, 5.41) is 3.43. The summed E-state index contributed by atoms with van der Waals surface area (Å²) < 4.78 is 5.27. The number of nitrogens with zero attached hydrogens (tertiary/aromatic N) is 1. The van der Waals surface area contributed by atoms with Crippen LogP contribution in [0.25, 0.3) is 0 Å². The summed E-state index contributed by atoms with van der Waals surface area (Å²) in [6.07, 6.45) is 2.30. The van der Waals surface area contributed by atoms with Crippen LogP contribution in [0, 0.1) is 0 Å². The predicted octanol–water partition coefficient (Wildman–Crippen LogP) is 3.79. The molecule has 0 aliphatic carbocycles. The van der Waals surface area contributed by atoms with Crippen LogP contribution >= 0.6 is 12.4 Å². The molecule has 27 heavy (non-hydrogen) atoms. The molecule has 0 radical (unpaired) electrons. The Labute approximate surface area is 168 Å². The molecular weight excluding hydrogens is 360 g/mol. The normalized spacial score (nSPS) is 16.5. The van der Waals surface area contributed by atoms with Crippen LogP contribution in [0.1, 0.15) is 36.1 Å². The van der Waals surface area contributed by atoms with E-state index in [0.29, 0.717) is 6.42 Å². The Hall–Kier alpha value is -2.04. The van der Waals surface area contributed by atoms with Gasteiger partial charge >= 0.3 is 0 Å². The minimum absolute atomic E-state index is 0. The standard InChI is InChI=1S/C22H28N2O2.ClH/c1-3-17-7-10-19(11-8-17)21-16-23-13-14-24(21)22(25)12-9-18-5-4-6-20(15-18)26-2;/h4-8,10-11,15,21,23H,3,9,12-14,16H2,1-2H3;1H. The summed E-state index contributed by atoms with van der Waals surface area (Å²) >= 11 is 0. The number of nitrogens with one attached hydrogen (secondary N) is 1. The van der Waals surface area contributed by atoms with Crippen LogP contribution in [-0.2, 0) is 17.6 Å². The summed E-state index contributed by atoms with van der Waals surface area (Å²) in [7, 11) is 1.67. The van der Waals surface area contributed by atoms with E-state index in [2.05, 4.69) is 42.6 Å². The lowest BCUT2D eigenvalue weighted by Gasteiger charge is -2.36. The Kier molecular flexibility index (Phi) is 8.14. The van der Waals surface area contributed by atoms with Crippen LogP contribution in [-0.4, -0.2) is 37.6 Å². The molecule has 0 spiro atoms. The Morgan fingerprint density at radius 3 is 2.67 bits per heavy atom. The highest BCUT2D eigenvalue weighted by Crippen LogP contribution is 2.24. The van der Waals surface area contributed by atoms with Gasteiger partial charge in [-0.25, -0.2) is 0 Å². The first kappa shape index (κ1) is 21.3. The lowest BCUT2D eigenvalue weighted by Crippen LogP contribution is -2.48. The van der Waals surface area contributed by atoms with E-state index in [1.54, 1.807) is 7.11 Å². The van der Waals surface area contributed by atoms with E-state index in [1.165, 1.54) is 11.1 Å². The van der Waals surface area contributed by atoms with E-state index in [-0.39, 0.29) is 24.4 Å². The quantitative estimate of drug-likeness (QED) is 0.818. The van der Waals surface area contributed by atoms with Crippen molar-refractivity contribution in [2.75, 3.05) is 26.7 Å². The smallest absolute Gasteiger partial charge is 0.223 e. The zero-order chi connectivity index (χ0) is 18.4. The number of rotatable bonds is 6. The molecular formula is C22H29ClN2O2. The zero-order valence-corrected chi connectivity index (χ0v) is 16.9. The number of piperazine rings is 1. The summed E-state index contributed by atoms with van der Waals surface area (Å²) in [5.74, 6) is 1.06. The minimum Gasteiger partial charge on any atom is -0.497 e. The average Bonchev–Trinajstić information content (AvgIpc) is 2.72. The lowest BCUT2D eigenvalue weighted by atomic mass is 10.00. The summed E-state index contributed by atoms with van der Waals surface area (Å²) in [6.45, 7) is 4.59. The Balaban J connectivity index is 0.00000261. The van der Waals surface area contributed by atoms with Gasteiger partial charge in [-0.15, -0.1) is 12.4 Å². The number of carbonyl (C=O) groups is 1. The second-order valence-corrected chi connectivity index (χ2v) is 6.75. The molecule has 0 bridgehead atoms. The van der Waals surface area contributed by atoms with Crippen LogP contribution in [0.2, 0.25) is 0 Å². The minimum atomic E-state index is 0. The molecule has 1 atom stereocenters. The summed E-state index contributed by atoms with van der Waals surface area (Å²) in [4.78, 5) is 14.9. The largest absolute Gasteiger partial charge is 0.497 e. The number of methoxy groups -OCH3 is 1. The molecule has 0 saturated carbocycles. The number of hydrogen-bond donors (Lipinski definition) is 1. The molecule has 1 amide bonds. The van der Waals surface area contributed by atoms with Crippen LogP contribution < -0.4 is 10.1 Å². The fourth-order valence-electron chi connectivity index (χ4n) is 3.50. The number of benzene rings is 2. The van der Waals surface area contributed by atoms with Gasteiger partial charge in [-0.2, -0.15) is 0 Å². The van der Waals surface area contributed by atoms with Crippen molar-refractivity contribution in [3.8, 4) is 5.75 Å². The van der Waals surface area contributed by atoms with E-state index < -0.39 is 0 Å². The molecule has 1 unspecified atom stereocenters. The molecule has 2 aromatic carbocycles. The molecule has 1 saturated heterocycles. The molecule has 1 N–H and O–H groups in total. The lowest BCUT2D eigenvalue weighted by molar-refractivity contribution is -0.134. The third-order valence-electron chi connectivity index (χ3n) is 5.10. The van der Waals surface area contributed by atoms with E-state index in [4.69, 9.17) is 4.74 Å². The molecule has 1 fully saturated rings. The predicted molar refractivity (Wildman–Crippen MR) is 112 cm³/mol. The fraction of sp³-hybridized carbons (Fsp3) is 0.409.